The third kappa shape index (κ3) is 3.16. The molecule has 2 heterocycles. The van der Waals surface area contributed by atoms with Gasteiger partial charge in [-0.1, -0.05) is 18.2 Å². The SMILES string of the molecule is C=C(C)C(=O)Nc1ncc2c(=O)[nH]c(-c3ccc(Cl)cc3)nc2n1. The van der Waals surface area contributed by atoms with Gasteiger partial charge in [-0.15, -0.1) is 0 Å². The van der Waals surface area contributed by atoms with Crippen molar-refractivity contribution in [2.75, 3.05) is 5.32 Å². The minimum Gasteiger partial charge on any atom is -0.306 e. The summed E-state index contributed by atoms with van der Waals surface area (Å²) in [7, 11) is 0. The maximum atomic E-state index is 12.2. The van der Waals surface area contributed by atoms with Crippen LogP contribution in [0.15, 0.2) is 47.4 Å². The van der Waals surface area contributed by atoms with Crippen molar-refractivity contribution in [3.05, 3.63) is 58.0 Å². The average molecular weight is 342 g/mol. The molecule has 0 radical (unpaired) electrons. The molecule has 2 N–H and O–H groups in total. The van der Waals surface area contributed by atoms with Crippen molar-refractivity contribution in [1.82, 2.24) is 19.9 Å². The molecule has 3 aromatic rings. The van der Waals surface area contributed by atoms with Crippen LogP contribution in [0.25, 0.3) is 22.4 Å². The zero-order valence-corrected chi connectivity index (χ0v) is 13.4. The van der Waals surface area contributed by atoms with Crippen LogP contribution in [0.4, 0.5) is 5.95 Å². The van der Waals surface area contributed by atoms with Crippen molar-refractivity contribution in [2.24, 2.45) is 0 Å². The summed E-state index contributed by atoms with van der Waals surface area (Å²) in [6.07, 6.45) is 1.31. The Bertz CT molecular complexity index is 1010. The number of fused-ring (bicyclic) bond motifs is 1. The highest BCUT2D eigenvalue weighted by atomic mass is 35.5. The number of hydrogen-bond acceptors (Lipinski definition) is 5. The minimum atomic E-state index is -0.405. The van der Waals surface area contributed by atoms with E-state index in [2.05, 4.69) is 31.8 Å². The lowest BCUT2D eigenvalue weighted by Gasteiger charge is -2.05. The first kappa shape index (κ1) is 15.8. The number of carbonyl (C=O) groups is 1. The number of halogens is 1. The molecule has 3 rings (SSSR count). The highest BCUT2D eigenvalue weighted by Crippen LogP contribution is 2.18. The third-order valence-corrected chi connectivity index (χ3v) is 3.45. The second-order valence-corrected chi connectivity index (χ2v) is 5.52. The molecule has 8 heteroatoms. The Labute approximate surface area is 141 Å². The van der Waals surface area contributed by atoms with Crippen molar-refractivity contribution < 1.29 is 4.79 Å². The van der Waals surface area contributed by atoms with Gasteiger partial charge in [-0.05, 0) is 31.2 Å². The monoisotopic (exact) mass is 341 g/mol. The van der Waals surface area contributed by atoms with Gasteiger partial charge < -0.3 is 4.98 Å². The summed E-state index contributed by atoms with van der Waals surface area (Å²) in [6, 6.07) is 6.86. The molecule has 24 heavy (non-hydrogen) atoms. The zero-order valence-electron chi connectivity index (χ0n) is 12.6. The number of rotatable bonds is 3. The number of aromatic nitrogens is 4. The molecule has 0 unspecified atom stereocenters. The molecule has 0 bridgehead atoms. The van der Waals surface area contributed by atoms with E-state index in [9.17, 15) is 9.59 Å². The number of amides is 1. The van der Waals surface area contributed by atoms with Crippen LogP contribution in [-0.2, 0) is 4.79 Å². The first-order chi connectivity index (χ1) is 11.4. The van der Waals surface area contributed by atoms with Gasteiger partial charge in [0.2, 0.25) is 5.95 Å². The van der Waals surface area contributed by atoms with Gasteiger partial charge in [-0.25, -0.2) is 9.97 Å². The van der Waals surface area contributed by atoms with E-state index in [1.807, 2.05) is 0 Å². The second kappa shape index (κ2) is 6.21. The lowest BCUT2D eigenvalue weighted by atomic mass is 10.2. The number of aromatic amines is 1. The van der Waals surface area contributed by atoms with E-state index < -0.39 is 5.91 Å². The molecule has 0 aliphatic heterocycles. The van der Waals surface area contributed by atoms with Gasteiger partial charge in [0.25, 0.3) is 11.5 Å². The standard InChI is InChI=1S/C16H12ClN5O2/c1-8(2)14(23)22-16-18-7-11-13(21-16)19-12(20-15(11)24)9-3-5-10(17)6-4-9/h3-7H,1H2,2H3,(H2,18,19,20,21,22,23,24). The van der Waals surface area contributed by atoms with Gasteiger partial charge in [0, 0.05) is 22.4 Å². The van der Waals surface area contributed by atoms with Crippen LogP contribution in [0.5, 0.6) is 0 Å². The van der Waals surface area contributed by atoms with Crippen molar-refractivity contribution in [3.63, 3.8) is 0 Å². The largest absolute Gasteiger partial charge is 0.306 e. The highest BCUT2D eigenvalue weighted by Gasteiger charge is 2.11. The minimum absolute atomic E-state index is 0.0515. The van der Waals surface area contributed by atoms with Crippen LogP contribution in [0.1, 0.15) is 6.92 Å². The topological polar surface area (TPSA) is 101 Å². The summed E-state index contributed by atoms with van der Waals surface area (Å²) >= 11 is 5.86. The summed E-state index contributed by atoms with van der Waals surface area (Å²) in [5.41, 5.74) is 0.808. The van der Waals surface area contributed by atoms with E-state index >= 15 is 0 Å². The molecule has 1 amide bonds. The molecule has 0 aliphatic rings. The fraction of sp³-hybridized carbons (Fsp3) is 0.0625. The summed E-state index contributed by atoms with van der Waals surface area (Å²) in [5.74, 6) is -0.00665. The lowest BCUT2D eigenvalue weighted by molar-refractivity contribution is -0.112. The number of anilines is 1. The van der Waals surface area contributed by atoms with E-state index in [0.717, 1.165) is 0 Å². The number of H-pyrrole nitrogens is 1. The van der Waals surface area contributed by atoms with Gasteiger partial charge in [0.05, 0.1) is 0 Å². The Hall–Kier alpha value is -3.06. The maximum absolute atomic E-state index is 12.2. The predicted octanol–water partition coefficient (Wildman–Crippen LogP) is 2.55. The molecule has 0 atom stereocenters. The van der Waals surface area contributed by atoms with Crippen molar-refractivity contribution in [2.45, 2.75) is 6.92 Å². The number of hydrogen-bond donors (Lipinski definition) is 2. The van der Waals surface area contributed by atoms with Crippen LogP contribution in [0.3, 0.4) is 0 Å². The fourth-order valence-corrected chi connectivity index (χ4v) is 2.07. The molecule has 1 aromatic carbocycles. The van der Waals surface area contributed by atoms with Crippen molar-refractivity contribution in [3.8, 4) is 11.4 Å². The number of nitrogens with one attached hydrogen (secondary N) is 2. The van der Waals surface area contributed by atoms with Gasteiger partial charge in [-0.3, -0.25) is 14.9 Å². The molecular weight excluding hydrogens is 330 g/mol. The molecular formula is C16H12ClN5O2. The average Bonchev–Trinajstić information content (AvgIpc) is 2.55. The Morgan fingerprint density at radius 2 is 1.96 bits per heavy atom. The third-order valence-electron chi connectivity index (χ3n) is 3.19. The van der Waals surface area contributed by atoms with Gasteiger partial charge in [0.15, 0.2) is 5.65 Å². The van der Waals surface area contributed by atoms with Crippen LogP contribution < -0.4 is 10.9 Å². The fourth-order valence-electron chi connectivity index (χ4n) is 1.94. The van der Waals surface area contributed by atoms with Crippen molar-refractivity contribution in [1.29, 1.82) is 0 Å². The molecule has 0 saturated carbocycles. The number of carbonyl (C=O) groups excluding carboxylic acids is 1. The van der Waals surface area contributed by atoms with Gasteiger partial charge in [0.1, 0.15) is 11.2 Å². The summed E-state index contributed by atoms with van der Waals surface area (Å²) < 4.78 is 0. The summed E-state index contributed by atoms with van der Waals surface area (Å²) in [6.45, 7) is 5.11. The maximum Gasteiger partial charge on any atom is 0.262 e. The van der Waals surface area contributed by atoms with E-state index in [4.69, 9.17) is 11.6 Å². The Morgan fingerprint density at radius 3 is 2.62 bits per heavy atom. The normalized spacial score (nSPS) is 10.6. The molecule has 0 fully saturated rings. The Morgan fingerprint density at radius 1 is 1.25 bits per heavy atom. The van der Waals surface area contributed by atoms with E-state index in [-0.39, 0.29) is 22.5 Å². The van der Waals surface area contributed by atoms with E-state index in [1.54, 1.807) is 31.2 Å². The summed E-state index contributed by atoms with van der Waals surface area (Å²) in [4.78, 5) is 38.9. The van der Waals surface area contributed by atoms with Crippen LogP contribution in [-0.4, -0.2) is 25.8 Å². The zero-order chi connectivity index (χ0) is 17.3. The molecule has 7 nitrogen and oxygen atoms in total. The molecule has 120 valence electrons. The molecule has 0 aliphatic carbocycles. The molecule has 0 spiro atoms. The van der Waals surface area contributed by atoms with Crippen molar-refractivity contribution >= 4 is 34.5 Å². The van der Waals surface area contributed by atoms with Gasteiger partial charge in [-0.2, -0.15) is 4.98 Å². The van der Waals surface area contributed by atoms with Crippen LogP contribution in [0.2, 0.25) is 5.02 Å². The van der Waals surface area contributed by atoms with Gasteiger partial charge >= 0.3 is 0 Å². The number of benzene rings is 1. The quantitative estimate of drug-likeness (QED) is 0.713. The first-order valence-electron chi connectivity index (χ1n) is 6.94. The van der Waals surface area contributed by atoms with E-state index in [0.29, 0.717) is 22.0 Å². The van der Waals surface area contributed by atoms with Crippen LogP contribution >= 0.6 is 11.6 Å². The Kier molecular flexibility index (Phi) is 4.09. The summed E-state index contributed by atoms with van der Waals surface area (Å²) in [5, 5.41) is 3.29. The van der Waals surface area contributed by atoms with Crippen LogP contribution in [0, 0.1) is 0 Å². The second-order valence-electron chi connectivity index (χ2n) is 5.09. The Balaban J connectivity index is 2.07. The first-order valence-corrected chi connectivity index (χ1v) is 7.32. The number of nitrogens with zero attached hydrogens (tertiary/aromatic N) is 3. The lowest BCUT2D eigenvalue weighted by Crippen LogP contribution is -2.16. The molecule has 0 saturated heterocycles. The van der Waals surface area contributed by atoms with E-state index in [1.165, 1.54) is 6.20 Å². The smallest absolute Gasteiger partial charge is 0.262 e. The molecule has 2 aromatic heterocycles. The predicted molar refractivity (Wildman–Crippen MR) is 91.8 cm³/mol. The highest BCUT2D eigenvalue weighted by molar-refractivity contribution is 6.30.